The molecule has 0 heterocycles. The summed E-state index contributed by atoms with van der Waals surface area (Å²) in [6.07, 6.45) is 86.5. The highest BCUT2D eigenvalue weighted by molar-refractivity contribution is 5.71. The van der Waals surface area contributed by atoms with E-state index in [1.54, 1.807) is 0 Å². The molecular formula is C75H142O6. The van der Waals surface area contributed by atoms with Crippen LogP contribution in [0.25, 0.3) is 0 Å². The van der Waals surface area contributed by atoms with Gasteiger partial charge in [-0.2, -0.15) is 0 Å². The molecule has 0 radical (unpaired) electrons. The highest BCUT2D eigenvalue weighted by Gasteiger charge is 2.20. The summed E-state index contributed by atoms with van der Waals surface area (Å²) >= 11 is 0. The van der Waals surface area contributed by atoms with E-state index in [0.717, 1.165) is 57.8 Å². The van der Waals surface area contributed by atoms with E-state index in [4.69, 9.17) is 14.2 Å². The molecule has 0 aliphatic heterocycles. The van der Waals surface area contributed by atoms with Crippen molar-refractivity contribution in [3.8, 4) is 0 Å². The van der Waals surface area contributed by atoms with E-state index in [0.29, 0.717) is 19.3 Å². The summed E-state index contributed by atoms with van der Waals surface area (Å²) in [5, 5.41) is 0. The van der Waals surface area contributed by atoms with E-state index >= 15 is 0 Å². The lowest BCUT2D eigenvalue weighted by atomic mass is 10.0. The smallest absolute Gasteiger partial charge is 0.306 e. The molecule has 0 N–H and O–H groups in total. The van der Waals surface area contributed by atoms with Crippen molar-refractivity contribution in [2.24, 2.45) is 0 Å². The molecule has 0 aromatic rings. The average molecular weight is 1140 g/mol. The standard InChI is InChI=1S/C75H142O6/c1-4-7-10-13-16-19-22-25-28-30-32-33-34-35-36-37-38-39-40-41-42-43-44-46-47-50-53-56-59-62-65-68-74(77)80-71-72(70-79-73(76)67-64-61-58-55-52-49-27-24-21-18-15-12-9-6-3)81-75(78)69-66-63-60-57-54-51-48-45-31-29-26-23-20-17-14-11-8-5-2/h29-32,72H,4-28,33-71H2,1-3H3/b31-29-,32-30-. The zero-order valence-corrected chi connectivity index (χ0v) is 55.1. The van der Waals surface area contributed by atoms with E-state index in [1.807, 2.05) is 0 Å². The Bertz CT molecular complexity index is 1310. The number of hydrogen-bond donors (Lipinski definition) is 0. The number of hydrogen-bond acceptors (Lipinski definition) is 6. The maximum absolute atomic E-state index is 12.9. The molecule has 0 aromatic heterocycles. The molecule has 1 atom stereocenters. The van der Waals surface area contributed by atoms with Gasteiger partial charge in [-0.15, -0.1) is 0 Å². The Morgan fingerprint density at radius 1 is 0.235 bits per heavy atom. The van der Waals surface area contributed by atoms with Crippen LogP contribution < -0.4 is 0 Å². The van der Waals surface area contributed by atoms with E-state index in [1.165, 1.54) is 321 Å². The Morgan fingerprint density at radius 2 is 0.407 bits per heavy atom. The van der Waals surface area contributed by atoms with Gasteiger partial charge in [-0.25, -0.2) is 0 Å². The lowest BCUT2D eigenvalue weighted by Crippen LogP contribution is -2.30. The van der Waals surface area contributed by atoms with E-state index in [9.17, 15) is 14.4 Å². The van der Waals surface area contributed by atoms with Crippen molar-refractivity contribution < 1.29 is 28.6 Å². The van der Waals surface area contributed by atoms with Crippen molar-refractivity contribution >= 4 is 17.9 Å². The second kappa shape index (κ2) is 70.4. The largest absolute Gasteiger partial charge is 0.462 e. The number of carbonyl (C=O) groups excluding carboxylic acids is 3. The van der Waals surface area contributed by atoms with E-state index in [-0.39, 0.29) is 31.1 Å². The van der Waals surface area contributed by atoms with Gasteiger partial charge < -0.3 is 14.2 Å². The summed E-state index contributed by atoms with van der Waals surface area (Å²) in [6, 6.07) is 0. The lowest BCUT2D eigenvalue weighted by Gasteiger charge is -2.18. The third kappa shape index (κ3) is 68.6. The van der Waals surface area contributed by atoms with Gasteiger partial charge in [0.15, 0.2) is 6.10 Å². The van der Waals surface area contributed by atoms with Crippen molar-refractivity contribution in [1.29, 1.82) is 0 Å². The minimum absolute atomic E-state index is 0.0664. The second-order valence-electron chi connectivity index (χ2n) is 25.2. The molecule has 0 spiro atoms. The first-order chi connectivity index (χ1) is 40.0. The molecule has 0 amide bonds. The lowest BCUT2D eigenvalue weighted by molar-refractivity contribution is -0.167. The summed E-state index contributed by atoms with van der Waals surface area (Å²) < 4.78 is 17.0. The quantitative estimate of drug-likeness (QED) is 0.0261. The van der Waals surface area contributed by atoms with Crippen LogP contribution in [-0.2, 0) is 28.6 Å². The number of ether oxygens (including phenoxy) is 3. The molecule has 0 bridgehead atoms. The molecule has 478 valence electrons. The van der Waals surface area contributed by atoms with Crippen molar-refractivity contribution in [3.05, 3.63) is 24.3 Å². The minimum atomic E-state index is -0.770. The molecule has 6 heteroatoms. The van der Waals surface area contributed by atoms with Crippen LogP contribution in [0.2, 0.25) is 0 Å². The number of esters is 3. The van der Waals surface area contributed by atoms with E-state index < -0.39 is 6.10 Å². The number of rotatable bonds is 69. The van der Waals surface area contributed by atoms with Crippen LogP contribution in [0.1, 0.15) is 419 Å². The monoisotopic (exact) mass is 1140 g/mol. The molecule has 0 rings (SSSR count). The van der Waals surface area contributed by atoms with Gasteiger partial charge in [-0.3, -0.25) is 14.4 Å². The SMILES string of the molecule is CCCCCCCCC/C=C\CCCCCCCCCC(=O)OC(COC(=O)CCCCCCCCCCCCCCCC)COC(=O)CCCCCCCCCCCCCCCCCCCCC/C=C\CCCCCCCCCC. The molecule has 0 aromatic carbocycles. The van der Waals surface area contributed by atoms with Gasteiger partial charge in [0.1, 0.15) is 13.2 Å². The van der Waals surface area contributed by atoms with E-state index in [2.05, 4.69) is 45.1 Å². The maximum Gasteiger partial charge on any atom is 0.306 e. The molecule has 0 fully saturated rings. The predicted octanol–water partition coefficient (Wildman–Crippen LogP) is 25.3. The van der Waals surface area contributed by atoms with Crippen LogP contribution in [0.15, 0.2) is 24.3 Å². The molecule has 81 heavy (non-hydrogen) atoms. The maximum atomic E-state index is 12.9. The summed E-state index contributed by atoms with van der Waals surface area (Å²) in [7, 11) is 0. The molecule has 0 saturated heterocycles. The molecular weight excluding hydrogens is 997 g/mol. The number of unbranched alkanes of at least 4 members (excludes halogenated alkanes) is 54. The Balaban J connectivity index is 4.15. The van der Waals surface area contributed by atoms with Crippen LogP contribution in [-0.4, -0.2) is 37.2 Å². The number of carbonyl (C=O) groups is 3. The predicted molar refractivity (Wildman–Crippen MR) is 353 cm³/mol. The zero-order chi connectivity index (χ0) is 58.5. The Hall–Kier alpha value is -2.11. The molecule has 0 aliphatic rings. The highest BCUT2D eigenvalue weighted by Crippen LogP contribution is 2.19. The van der Waals surface area contributed by atoms with Crippen molar-refractivity contribution in [2.75, 3.05) is 13.2 Å². The second-order valence-corrected chi connectivity index (χ2v) is 25.2. The van der Waals surface area contributed by atoms with Crippen molar-refractivity contribution in [1.82, 2.24) is 0 Å². The fraction of sp³-hybridized carbons (Fsp3) is 0.907. The van der Waals surface area contributed by atoms with Gasteiger partial charge in [-0.1, -0.05) is 353 Å². The molecule has 0 aliphatic carbocycles. The van der Waals surface area contributed by atoms with Gasteiger partial charge in [0.2, 0.25) is 0 Å². The average Bonchev–Trinajstić information content (AvgIpc) is 3.47. The molecule has 0 saturated carbocycles. The zero-order valence-electron chi connectivity index (χ0n) is 55.1. The first-order valence-electron chi connectivity index (χ1n) is 36.8. The van der Waals surface area contributed by atoms with Gasteiger partial charge in [0.05, 0.1) is 0 Å². The summed E-state index contributed by atoms with van der Waals surface area (Å²) in [5.74, 6) is -0.837. The fourth-order valence-corrected chi connectivity index (χ4v) is 11.4. The van der Waals surface area contributed by atoms with Crippen molar-refractivity contribution in [3.63, 3.8) is 0 Å². The van der Waals surface area contributed by atoms with Crippen molar-refractivity contribution in [2.45, 2.75) is 425 Å². The first-order valence-corrected chi connectivity index (χ1v) is 36.8. The van der Waals surface area contributed by atoms with Gasteiger partial charge in [0, 0.05) is 19.3 Å². The fourth-order valence-electron chi connectivity index (χ4n) is 11.4. The normalized spacial score (nSPS) is 12.1. The Labute approximate surface area is 506 Å². The summed E-state index contributed by atoms with van der Waals surface area (Å²) in [6.45, 7) is 6.72. The summed E-state index contributed by atoms with van der Waals surface area (Å²) in [4.78, 5) is 38.4. The molecule has 1 unspecified atom stereocenters. The van der Waals surface area contributed by atoms with Crippen LogP contribution in [0, 0.1) is 0 Å². The van der Waals surface area contributed by atoms with Crippen LogP contribution in [0.5, 0.6) is 0 Å². The Kier molecular flexibility index (Phi) is 68.5. The summed E-state index contributed by atoms with van der Waals surface area (Å²) in [5.41, 5.74) is 0. The van der Waals surface area contributed by atoms with Gasteiger partial charge in [-0.05, 0) is 70.6 Å². The Morgan fingerprint density at radius 3 is 0.617 bits per heavy atom. The highest BCUT2D eigenvalue weighted by atomic mass is 16.6. The van der Waals surface area contributed by atoms with Gasteiger partial charge >= 0.3 is 17.9 Å². The van der Waals surface area contributed by atoms with Crippen LogP contribution in [0.4, 0.5) is 0 Å². The van der Waals surface area contributed by atoms with Gasteiger partial charge in [0.25, 0.3) is 0 Å². The third-order valence-corrected chi connectivity index (χ3v) is 16.9. The number of allylic oxidation sites excluding steroid dienone is 4. The topological polar surface area (TPSA) is 78.9 Å². The first kappa shape index (κ1) is 78.9. The molecule has 6 nitrogen and oxygen atoms in total. The van der Waals surface area contributed by atoms with Crippen LogP contribution >= 0.6 is 0 Å². The van der Waals surface area contributed by atoms with Crippen LogP contribution in [0.3, 0.4) is 0 Å². The third-order valence-electron chi connectivity index (χ3n) is 16.9. The minimum Gasteiger partial charge on any atom is -0.462 e.